The smallest absolute Gasteiger partial charge is 0.166 e. The number of ketones is 1. The lowest BCUT2D eigenvalue weighted by atomic mass is 9.60. The van der Waals surface area contributed by atoms with Crippen LogP contribution >= 0.6 is 0 Å². The zero-order valence-electron chi connectivity index (χ0n) is 10.9. The molecule has 0 aromatic heterocycles. The molecule has 3 rings (SSSR count). The number of Topliss-reactive ketones (excluding diaryl/α,β-unsaturated/α-hetero) is 1. The first-order valence-electron chi connectivity index (χ1n) is 6.67. The molecule has 0 spiro atoms. The fraction of sp³-hybridized carbons (Fsp3) is 0.562. The van der Waals surface area contributed by atoms with Gasteiger partial charge in [-0.05, 0) is 35.7 Å². The van der Waals surface area contributed by atoms with E-state index >= 15 is 0 Å². The Morgan fingerprint density at radius 2 is 1.88 bits per heavy atom. The standard InChI is InChI=1S/C16H20O/c1-10-8-9-13-14(10)15(17)11-6-4-5-7-12(11)16(13,2)3/h4-7,10,13-14H,8-9H2,1-3H3/t10-,13+,14+/m1/s1. The predicted molar refractivity (Wildman–Crippen MR) is 69.2 cm³/mol. The molecule has 1 saturated carbocycles. The molecule has 0 bridgehead atoms. The largest absolute Gasteiger partial charge is 0.294 e. The third-order valence-electron chi connectivity index (χ3n) is 5.10. The second-order valence-corrected chi connectivity index (χ2v) is 6.32. The molecule has 0 saturated heterocycles. The molecular weight excluding hydrogens is 208 g/mol. The van der Waals surface area contributed by atoms with Crippen molar-refractivity contribution in [3.8, 4) is 0 Å². The van der Waals surface area contributed by atoms with Crippen molar-refractivity contribution in [2.75, 3.05) is 0 Å². The van der Waals surface area contributed by atoms with Crippen molar-refractivity contribution in [2.45, 2.75) is 39.0 Å². The van der Waals surface area contributed by atoms with Gasteiger partial charge in [0.15, 0.2) is 5.78 Å². The molecule has 1 heteroatoms. The zero-order valence-corrected chi connectivity index (χ0v) is 10.9. The van der Waals surface area contributed by atoms with Crippen molar-refractivity contribution in [1.29, 1.82) is 0 Å². The molecule has 0 heterocycles. The first kappa shape index (κ1) is 11.0. The second kappa shape index (κ2) is 3.44. The fourth-order valence-electron chi connectivity index (χ4n) is 4.09. The van der Waals surface area contributed by atoms with E-state index < -0.39 is 0 Å². The molecule has 1 nitrogen and oxygen atoms in total. The van der Waals surface area contributed by atoms with Crippen LogP contribution in [-0.4, -0.2) is 5.78 Å². The summed E-state index contributed by atoms with van der Waals surface area (Å²) < 4.78 is 0. The minimum absolute atomic E-state index is 0.153. The summed E-state index contributed by atoms with van der Waals surface area (Å²) in [5.41, 5.74) is 2.40. The third kappa shape index (κ3) is 1.34. The Morgan fingerprint density at radius 3 is 2.65 bits per heavy atom. The van der Waals surface area contributed by atoms with Gasteiger partial charge >= 0.3 is 0 Å². The summed E-state index contributed by atoms with van der Waals surface area (Å²) >= 11 is 0. The Bertz CT molecular complexity index is 472. The van der Waals surface area contributed by atoms with E-state index in [1.54, 1.807) is 0 Å². The van der Waals surface area contributed by atoms with Crippen LogP contribution in [0.1, 0.15) is 49.5 Å². The Balaban J connectivity index is 2.21. The van der Waals surface area contributed by atoms with E-state index in [2.05, 4.69) is 32.9 Å². The van der Waals surface area contributed by atoms with Gasteiger partial charge in [-0.15, -0.1) is 0 Å². The van der Waals surface area contributed by atoms with Gasteiger partial charge in [-0.25, -0.2) is 0 Å². The molecule has 0 unspecified atom stereocenters. The highest BCUT2D eigenvalue weighted by atomic mass is 16.1. The van der Waals surface area contributed by atoms with Crippen molar-refractivity contribution < 1.29 is 4.79 Å². The second-order valence-electron chi connectivity index (χ2n) is 6.32. The van der Waals surface area contributed by atoms with Crippen molar-refractivity contribution in [3.05, 3.63) is 35.4 Å². The van der Waals surface area contributed by atoms with E-state index in [0.29, 0.717) is 17.6 Å². The molecule has 1 aromatic carbocycles. The van der Waals surface area contributed by atoms with E-state index in [9.17, 15) is 4.79 Å². The highest BCUT2D eigenvalue weighted by Gasteiger charge is 2.51. The van der Waals surface area contributed by atoms with Crippen LogP contribution in [0.15, 0.2) is 24.3 Å². The number of rotatable bonds is 0. The van der Waals surface area contributed by atoms with Crippen LogP contribution in [-0.2, 0) is 5.41 Å². The van der Waals surface area contributed by atoms with Crippen LogP contribution in [0.2, 0.25) is 0 Å². The van der Waals surface area contributed by atoms with Crippen LogP contribution in [0.4, 0.5) is 0 Å². The van der Waals surface area contributed by atoms with Gasteiger partial charge in [0.25, 0.3) is 0 Å². The summed E-state index contributed by atoms with van der Waals surface area (Å²) in [4.78, 5) is 12.6. The maximum absolute atomic E-state index is 12.6. The molecule has 3 atom stereocenters. The van der Waals surface area contributed by atoms with Gasteiger partial charge in [-0.2, -0.15) is 0 Å². The number of carbonyl (C=O) groups is 1. The van der Waals surface area contributed by atoms with E-state index in [1.807, 2.05) is 12.1 Å². The lowest BCUT2D eigenvalue weighted by Crippen LogP contribution is -2.42. The Labute approximate surface area is 103 Å². The zero-order chi connectivity index (χ0) is 12.2. The number of carbonyl (C=O) groups excluding carboxylic acids is 1. The van der Waals surface area contributed by atoms with Gasteiger partial charge in [-0.3, -0.25) is 4.79 Å². The third-order valence-corrected chi connectivity index (χ3v) is 5.10. The normalized spacial score (nSPS) is 34.3. The maximum Gasteiger partial charge on any atom is 0.166 e. The minimum Gasteiger partial charge on any atom is -0.294 e. The van der Waals surface area contributed by atoms with Gasteiger partial charge in [0.05, 0.1) is 0 Å². The van der Waals surface area contributed by atoms with E-state index in [0.717, 1.165) is 5.56 Å². The Morgan fingerprint density at radius 1 is 1.18 bits per heavy atom. The van der Waals surface area contributed by atoms with Crippen molar-refractivity contribution in [3.63, 3.8) is 0 Å². The van der Waals surface area contributed by atoms with Crippen LogP contribution in [0.5, 0.6) is 0 Å². The first-order chi connectivity index (χ1) is 8.03. The number of hydrogen-bond acceptors (Lipinski definition) is 1. The summed E-state index contributed by atoms with van der Waals surface area (Å²) in [5, 5.41) is 0. The van der Waals surface area contributed by atoms with Gasteiger partial charge < -0.3 is 0 Å². The van der Waals surface area contributed by atoms with Gasteiger partial charge in [0, 0.05) is 11.5 Å². The Hall–Kier alpha value is -1.11. The summed E-state index contributed by atoms with van der Waals surface area (Å²) in [5.74, 6) is 1.76. The molecular formula is C16H20O. The molecule has 0 amide bonds. The van der Waals surface area contributed by atoms with Crippen molar-refractivity contribution >= 4 is 5.78 Å². The quantitative estimate of drug-likeness (QED) is 0.659. The molecule has 1 aromatic rings. The lowest BCUT2D eigenvalue weighted by molar-refractivity contribution is 0.0777. The number of fused-ring (bicyclic) bond motifs is 2. The Kier molecular flexibility index (Phi) is 2.23. The molecule has 90 valence electrons. The summed E-state index contributed by atoms with van der Waals surface area (Å²) in [6.07, 6.45) is 2.41. The molecule has 1 fully saturated rings. The lowest BCUT2D eigenvalue weighted by Gasteiger charge is -2.42. The topological polar surface area (TPSA) is 17.1 Å². The summed E-state index contributed by atoms with van der Waals surface area (Å²) in [7, 11) is 0. The summed E-state index contributed by atoms with van der Waals surface area (Å²) in [6.45, 7) is 6.87. The molecule has 0 radical (unpaired) electrons. The van der Waals surface area contributed by atoms with E-state index in [1.165, 1.54) is 18.4 Å². The van der Waals surface area contributed by atoms with Crippen LogP contribution < -0.4 is 0 Å². The molecule has 2 aliphatic carbocycles. The van der Waals surface area contributed by atoms with Gasteiger partial charge in [-0.1, -0.05) is 45.0 Å². The average Bonchev–Trinajstić information content (AvgIpc) is 2.70. The number of hydrogen-bond donors (Lipinski definition) is 0. The van der Waals surface area contributed by atoms with Crippen molar-refractivity contribution in [2.24, 2.45) is 17.8 Å². The maximum atomic E-state index is 12.6. The fourth-order valence-corrected chi connectivity index (χ4v) is 4.09. The van der Waals surface area contributed by atoms with E-state index in [-0.39, 0.29) is 11.3 Å². The molecule has 2 aliphatic rings. The number of benzene rings is 1. The van der Waals surface area contributed by atoms with Gasteiger partial charge in [0.1, 0.15) is 0 Å². The highest BCUT2D eigenvalue weighted by molar-refractivity contribution is 6.01. The van der Waals surface area contributed by atoms with Gasteiger partial charge in [0.2, 0.25) is 0 Å². The SMILES string of the molecule is C[C@@H]1CC[C@H]2[C@H]1C(=O)c1ccccc1C2(C)C. The van der Waals surface area contributed by atoms with Crippen LogP contribution in [0.25, 0.3) is 0 Å². The highest BCUT2D eigenvalue weighted by Crippen LogP contribution is 2.53. The first-order valence-corrected chi connectivity index (χ1v) is 6.67. The molecule has 0 aliphatic heterocycles. The van der Waals surface area contributed by atoms with Crippen LogP contribution in [0.3, 0.4) is 0 Å². The van der Waals surface area contributed by atoms with Crippen LogP contribution in [0, 0.1) is 17.8 Å². The van der Waals surface area contributed by atoms with E-state index in [4.69, 9.17) is 0 Å². The predicted octanol–water partition coefficient (Wildman–Crippen LogP) is 3.82. The molecule has 0 N–H and O–H groups in total. The minimum atomic E-state index is 0.153. The van der Waals surface area contributed by atoms with Crippen molar-refractivity contribution in [1.82, 2.24) is 0 Å². The average molecular weight is 228 g/mol. The monoisotopic (exact) mass is 228 g/mol. The molecule has 17 heavy (non-hydrogen) atoms. The summed E-state index contributed by atoms with van der Waals surface area (Å²) in [6, 6.07) is 8.21.